The summed E-state index contributed by atoms with van der Waals surface area (Å²) >= 11 is 5.90. The second kappa shape index (κ2) is 11.1. The fourth-order valence-corrected chi connectivity index (χ4v) is 5.09. The first-order valence-corrected chi connectivity index (χ1v) is 12.7. The van der Waals surface area contributed by atoms with E-state index in [0.29, 0.717) is 42.4 Å². The van der Waals surface area contributed by atoms with Gasteiger partial charge in [-0.2, -0.15) is 0 Å². The van der Waals surface area contributed by atoms with E-state index in [1.54, 1.807) is 12.1 Å². The largest absolute Gasteiger partial charge is 0.389 e. The highest BCUT2D eigenvalue weighted by atomic mass is 35.5. The molecule has 1 fully saturated rings. The molecule has 1 saturated heterocycles. The summed E-state index contributed by atoms with van der Waals surface area (Å²) in [6, 6.07) is 18.7. The van der Waals surface area contributed by atoms with Gasteiger partial charge in [-0.15, -0.1) is 0 Å². The lowest BCUT2D eigenvalue weighted by Gasteiger charge is -2.36. The molecule has 1 N–H and O–H groups in total. The minimum absolute atomic E-state index is 0.218. The Morgan fingerprint density at radius 2 is 1.44 bits per heavy atom. The lowest BCUT2D eigenvalue weighted by molar-refractivity contribution is 0.000964. The number of imide groups is 1. The molecule has 0 unspecified atom stereocenters. The Morgan fingerprint density at radius 3 is 2.08 bits per heavy atom. The summed E-state index contributed by atoms with van der Waals surface area (Å²) < 4.78 is 5.66. The number of benzene rings is 3. The number of hydrogen-bond acceptors (Lipinski definition) is 6. The Bertz CT molecular complexity index is 1190. The first kappa shape index (κ1) is 24.9. The predicted octanol–water partition coefficient (Wildman–Crippen LogP) is 3.28. The van der Waals surface area contributed by atoms with Crippen LogP contribution in [0.4, 0.5) is 0 Å². The summed E-state index contributed by atoms with van der Waals surface area (Å²) in [7, 11) is 0. The molecule has 2 aliphatic heterocycles. The van der Waals surface area contributed by atoms with E-state index in [0.717, 1.165) is 42.5 Å². The van der Waals surface area contributed by atoms with Crippen molar-refractivity contribution in [3.05, 3.63) is 82.4 Å². The molecule has 2 aliphatic rings. The summed E-state index contributed by atoms with van der Waals surface area (Å²) in [5, 5.41) is 12.7. The highest BCUT2D eigenvalue weighted by Gasteiger charge is 2.33. The minimum atomic E-state index is -0.560. The van der Waals surface area contributed by atoms with E-state index in [9.17, 15) is 14.7 Å². The van der Waals surface area contributed by atoms with E-state index in [4.69, 9.17) is 16.3 Å². The monoisotopic (exact) mass is 507 g/mol. The van der Waals surface area contributed by atoms with Crippen molar-refractivity contribution < 1.29 is 19.4 Å². The van der Waals surface area contributed by atoms with E-state index < -0.39 is 6.10 Å². The van der Waals surface area contributed by atoms with E-state index in [2.05, 4.69) is 9.80 Å². The van der Waals surface area contributed by atoms with Gasteiger partial charge in [0, 0.05) is 67.3 Å². The SMILES string of the molecule is O=C1c2cccc3cccc(c23)C(=O)N1CCN1CCN(C[C@H](O)COCc2ccc(Cl)cc2)CC1. The molecule has 8 heteroatoms. The Labute approximate surface area is 215 Å². The van der Waals surface area contributed by atoms with Crippen LogP contribution < -0.4 is 0 Å². The van der Waals surface area contributed by atoms with Crippen LogP contribution in [-0.2, 0) is 11.3 Å². The maximum atomic E-state index is 13.1. The standard InChI is InChI=1S/C28H30ClN3O4/c29-22-9-7-20(8-10-22)18-36-19-23(33)17-31-13-11-30(12-14-31)15-16-32-27(34)24-5-1-3-21-4-2-6-25(26(21)24)28(32)35/h1-10,23,33H,11-19H2/t23-/m0/s1. The zero-order valence-corrected chi connectivity index (χ0v) is 20.9. The van der Waals surface area contributed by atoms with Gasteiger partial charge in [0.15, 0.2) is 0 Å². The number of aliphatic hydroxyl groups excluding tert-OH is 1. The molecule has 188 valence electrons. The Morgan fingerprint density at radius 1 is 0.833 bits per heavy atom. The van der Waals surface area contributed by atoms with Gasteiger partial charge >= 0.3 is 0 Å². The molecule has 3 aromatic rings. The first-order chi connectivity index (χ1) is 17.5. The first-order valence-electron chi connectivity index (χ1n) is 12.3. The lowest BCUT2D eigenvalue weighted by atomic mass is 9.94. The average Bonchev–Trinajstić information content (AvgIpc) is 2.89. The van der Waals surface area contributed by atoms with Gasteiger partial charge in [-0.05, 0) is 35.2 Å². The van der Waals surface area contributed by atoms with E-state index in [1.165, 1.54) is 4.90 Å². The topological polar surface area (TPSA) is 73.3 Å². The summed E-state index contributed by atoms with van der Waals surface area (Å²) in [6.07, 6.45) is -0.560. The van der Waals surface area contributed by atoms with Crippen molar-refractivity contribution in [3.8, 4) is 0 Å². The van der Waals surface area contributed by atoms with Crippen LogP contribution in [0.2, 0.25) is 5.02 Å². The third kappa shape index (κ3) is 5.45. The molecule has 3 aromatic carbocycles. The van der Waals surface area contributed by atoms with Gasteiger partial charge in [0.1, 0.15) is 0 Å². The fourth-order valence-electron chi connectivity index (χ4n) is 4.96. The van der Waals surface area contributed by atoms with Crippen molar-refractivity contribution in [2.45, 2.75) is 12.7 Å². The van der Waals surface area contributed by atoms with Gasteiger partial charge in [0.05, 0.1) is 19.3 Å². The quantitative estimate of drug-likeness (QED) is 0.448. The van der Waals surface area contributed by atoms with Crippen LogP contribution in [0.1, 0.15) is 26.3 Å². The molecule has 0 spiro atoms. The third-order valence-corrected chi connectivity index (χ3v) is 7.17. The second-order valence-corrected chi connectivity index (χ2v) is 9.85. The molecular formula is C28H30ClN3O4. The van der Waals surface area contributed by atoms with Crippen LogP contribution >= 0.6 is 11.6 Å². The van der Waals surface area contributed by atoms with Crippen molar-refractivity contribution in [2.24, 2.45) is 0 Å². The second-order valence-electron chi connectivity index (χ2n) is 9.41. The van der Waals surface area contributed by atoms with Crippen LogP contribution in [0.15, 0.2) is 60.7 Å². The van der Waals surface area contributed by atoms with Gasteiger partial charge in [0.2, 0.25) is 0 Å². The van der Waals surface area contributed by atoms with Crippen LogP contribution in [0, 0.1) is 0 Å². The normalized spacial score (nSPS) is 17.7. The molecule has 1 atom stereocenters. The maximum absolute atomic E-state index is 13.1. The summed E-state index contributed by atoms with van der Waals surface area (Å²) in [5.74, 6) is -0.436. The molecule has 2 amide bonds. The lowest BCUT2D eigenvalue weighted by Crippen LogP contribution is -2.51. The Hall–Kier alpha value is -2.81. The van der Waals surface area contributed by atoms with Crippen molar-refractivity contribution in [1.29, 1.82) is 0 Å². The zero-order chi connectivity index (χ0) is 25.1. The molecule has 2 heterocycles. The smallest absolute Gasteiger partial charge is 0.261 e. The molecule has 5 rings (SSSR count). The Balaban J connectivity index is 1.06. The number of aliphatic hydroxyl groups is 1. The Kier molecular flexibility index (Phi) is 7.65. The zero-order valence-electron chi connectivity index (χ0n) is 20.1. The predicted molar refractivity (Wildman–Crippen MR) is 139 cm³/mol. The number of rotatable bonds is 9. The molecule has 0 radical (unpaired) electrons. The van der Waals surface area contributed by atoms with E-state index in [-0.39, 0.29) is 18.4 Å². The van der Waals surface area contributed by atoms with Gasteiger partial charge in [0.25, 0.3) is 11.8 Å². The third-order valence-electron chi connectivity index (χ3n) is 6.92. The number of nitrogens with zero attached hydrogens (tertiary/aromatic N) is 3. The van der Waals surface area contributed by atoms with Crippen molar-refractivity contribution in [3.63, 3.8) is 0 Å². The number of hydrogen-bond donors (Lipinski definition) is 1. The van der Waals surface area contributed by atoms with Crippen molar-refractivity contribution in [1.82, 2.24) is 14.7 Å². The molecule has 36 heavy (non-hydrogen) atoms. The minimum Gasteiger partial charge on any atom is -0.389 e. The molecule has 0 aromatic heterocycles. The number of β-amino-alcohol motifs (C(OH)–C–C–N with tert-alkyl or cyclic N) is 1. The highest BCUT2D eigenvalue weighted by Crippen LogP contribution is 2.29. The van der Waals surface area contributed by atoms with Crippen LogP contribution in [0.3, 0.4) is 0 Å². The number of carbonyl (C=O) groups excluding carboxylic acids is 2. The average molecular weight is 508 g/mol. The van der Waals surface area contributed by atoms with Crippen LogP contribution in [0.5, 0.6) is 0 Å². The van der Waals surface area contributed by atoms with Crippen LogP contribution in [-0.4, -0.2) is 90.1 Å². The van der Waals surface area contributed by atoms with E-state index in [1.807, 2.05) is 48.5 Å². The van der Waals surface area contributed by atoms with E-state index >= 15 is 0 Å². The number of piperazine rings is 1. The van der Waals surface area contributed by atoms with Gasteiger partial charge in [-0.1, -0.05) is 48.0 Å². The number of halogens is 1. The summed E-state index contributed by atoms with van der Waals surface area (Å²) in [5.41, 5.74) is 2.21. The molecule has 0 bridgehead atoms. The molecule has 0 aliphatic carbocycles. The van der Waals surface area contributed by atoms with Gasteiger partial charge in [-0.3, -0.25) is 24.3 Å². The summed E-state index contributed by atoms with van der Waals surface area (Å²) in [6.45, 7) is 5.54. The fraction of sp³-hybridized carbons (Fsp3) is 0.357. The van der Waals surface area contributed by atoms with Gasteiger partial charge in [-0.25, -0.2) is 0 Å². The van der Waals surface area contributed by atoms with Crippen molar-refractivity contribution in [2.75, 3.05) is 52.4 Å². The molecule has 7 nitrogen and oxygen atoms in total. The number of ether oxygens (including phenoxy) is 1. The highest BCUT2D eigenvalue weighted by molar-refractivity contribution is 6.30. The number of carbonyl (C=O) groups is 2. The molecular weight excluding hydrogens is 478 g/mol. The maximum Gasteiger partial charge on any atom is 0.261 e. The van der Waals surface area contributed by atoms with Crippen LogP contribution in [0.25, 0.3) is 10.8 Å². The number of amides is 2. The van der Waals surface area contributed by atoms with Gasteiger partial charge < -0.3 is 9.84 Å². The summed E-state index contributed by atoms with van der Waals surface area (Å²) in [4.78, 5) is 32.0. The van der Waals surface area contributed by atoms with Crippen molar-refractivity contribution >= 4 is 34.2 Å². The molecule has 0 saturated carbocycles.